The molecule has 0 spiro atoms. The molecule has 0 aliphatic heterocycles. The van der Waals surface area contributed by atoms with Crippen LogP contribution >= 0.6 is 0 Å². The maximum absolute atomic E-state index is 9.58. The molecule has 1 radical (unpaired) electrons. The monoisotopic (exact) mass is 104 g/mol. The van der Waals surface area contributed by atoms with Crippen molar-refractivity contribution in [3.05, 3.63) is 6.92 Å². The van der Waals surface area contributed by atoms with E-state index < -0.39 is 0 Å². The zero-order valence-corrected chi connectivity index (χ0v) is 4.46. The molecule has 0 atom stereocenters. The van der Waals surface area contributed by atoms with Crippen LogP contribution in [0.5, 0.6) is 0 Å². The molecule has 0 amide bonds. The molecule has 2 heteroatoms. The second-order valence-corrected chi connectivity index (χ2v) is 1.67. The van der Waals surface area contributed by atoms with Crippen LogP contribution in [0.3, 0.4) is 0 Å². The zero-order chi connectivity index (χ0) is 4.83. The highest BCUT2D eigenvalue weighted by atomic mass is 32.1. The molecule has 0 N–H and O–H groups in total. The second kappa shape index (κ2) is 5.02. The molecule has 0 aliphatic rings. The van der Waals surface area contributed by atoms with Crippen LogP contribution < -0.4 is 0 Å². The van der Waals surface area contributed by atoms with Gasteiger partial charge in [0.05, 0.1) is 0 Å². The molecule has 6 heavy (non-hydrogen) atoms. The third-order valence-electron chi connectivity index (χ3n) is 0.478. The Hall–Kier alpha value is 0.0200. The summed E-state index contributed by atoms with van der Waals surface area (Å²) < 4.78 is 9.58. The summed E-state index contributed by atoms with van der Waals surface area (Å²) in [7, 11) is 0. The molecule has 0 saturated heterocycles. The highest BCUT2D eigenvalue weighted by Gasteiger charge is 1.91. The number of hydrogen-bond acceptors (Lipinski definition) is 1. The Bertz CT molecular complexity index is 36.5. The van der Waals surface area contributed by atoms with Gasteiger partial charge in [0.1, 0.15) is 0 Å². The van der Waals surface area contributed by atoms with E-state index in [0.717, 1.165) is 12.8 Å². The molecule has 0 fully saturated rings. The molecule has 0 saturated carbocycles. The predicted octanol–water partition coefficient (Wildman–Crippen LogP) is 1.03. The first-order valence-electron chi connectivity index (χ1n) is 1.96. The SMILES string of the molecule is [CH2]CCC[S+]=O. The number of unbranched alkanes of at least 4 members (excludes halogenated alkanes) is 1. The van der Waals surface area contributed by atoms with Crippen molar-refractivity contribution in [2.75, 3.05) is 5.75 Å². The molecule has 0 unspecified atom stereocenters. The van der Waals surface area contributed by atoms with E-state index in [0.29, 0.717) is 17.4 Å². The molecule has 0 rings (SSSR count). The van der Waals surface area contributed by atoms with E-state index in [4.69, 9.17) is 0 Å². The maximum Gasteiger partial charge on any atom is 0.458 e. The van der Waals surface area contributed by atoms with Gasteiger partial charge in [-0.15, -0.1) is 0 Å². The molecule has 0 aromatic rings. The average Bonchev–Trinajstić information content (AvgIpc) is 1.61. The maximum atomic E-state index is 9.58. The summed E-state index contributed by atoms with van der Waals surface area (Å²) in [5.74, 6) is 0.712. The van der Waals surface area contributed by atoms with Crippen LogP contribution in [0.2, 0.25) is 0 Å². The highest BCUT2D eigenvalue weighted by Crippen LogP contribution is 1.81. The first kappa shape index (κ1) is 6.02. The third-order valence-corrected chi connectivity index (χ3v) is 0.933. The van der Waals surface area contributed by atoms with Crippen molar-refractivity contribution in [3.63, 3.8) is 0 Å². The quantitative estimate of drug-likeness (QED) is 0.386. The smallest absolute Gasteiger partial charge is 0.0531 e. The van der Waals surface area contributed by atoms with Gasteiger partial charge in [-0.2, -0.15) is 0 Å². The largest absolute Gasteiger partial charge is 0.458 e. The third kappa shape index (κ3) is 4.02. The summed E-state index contributed by atoms with van der Waals surface area (Å²) in [5, 5.41) is 0. The average molecular weight is 104 g/mol. The topological polar surface area (TPSA) is 17.1 Å². The van der Waals surface area contributed by atoms with Crippen molar-refractivity contribution >= 4 is 11.7 Å². The lowest BCUT2D eigenvalue weighted by Gasteiger charge is -1.69. The van der Waals surface area contributed by atoms with Crippen molar-refractivity contribution in [3.8, 4) is 0 Å². The van der Waals surface area contributed by atoms with Gasteiger partial charge < -0.3 is 0 Å². The summed E-state index contributed by atoms with van der Waals surface area (Å²) in [6, 6.07) is 0. The van der Waals surface area contributed by atoms with Crippen molar-refractivity contribution in [2.24, 2.45) is 0 Å². The van der Waals surface area contributed by atoms with Gasteiger partial charge in [0.2, 0.25) is 5.75 Å². The van der Waals surface area contributed by atoms with Gasteiger partial charge in [-0.05, 0) is 6.42 Å². The van der Waals surface area contributed by atoms with Gasteiger partial charge in [-0.1, -0.05) is 6.92 Å². The van der Waals surface area contributed by atoms with Crippen LogP contribution in [0.4, 0.5) is 0 Å². The number of rotatable bonds is 3. The Kier molecular flexibility index (Phi) is 5.04. The number of hydrogen-bond donors (Lipinski definition) is 0. The van der Waals surface area contributed by atoms with Gasteiger partial charge in [0, 0.05) is 10.6 Å². The van der Waals surface area contributed by atoms with E-state index in [1.807, 2.05) is 0 Å². The Morgan fingerprint density at radius 1 is 1.67 bits per heavy atom. The normalized spacial score (nSPS) is 8.17. The Balaban J connectivity index is 2.49. The summed E-state index contributed by atoms with van der Waals surface area (Å²) >= 11 is 0.636. The Morgan fingerprint density at radius 2 is 2.33 bits per heavy atom. The summed E-state index contributed by atoms with van der Waals surface area (Å²) in [6.45, 7) is 3.57. The molecule has 0 aromatic heterocycles. The van der Waals surface area contributed by atoms with Crippen molar-refractivity contribution in [2.45, 2.75) is 12.8 Å². The van der Waals surface area contributed by atoms with Crippen molar-refractivity contribution in [1.82, 2.24) is 0 Å². The van der Waals surface area contributed by atoms with E-state index in [-0.39, 0.29) is 0 Å². The Labute approximate surface area is 42.2 Å². The van der Waals surface area contributed by atoms with Gasteiger partial charge >= 0.3 is 11.7 Å². The van der Waals surface area contributed by atoms with Crippen molar-refractivity contribution in [1.29, 1.82) is 0 Å². The zero-order valence-electron chi connectivity index (χ0n) is 3.64. The minimum absolute atomic E-state index is 0.636. The summed E-state index contributed by atoms with van der Waals surface area (Å²) in [5.41, 5.74) is 0. The highest BCUT2D eigenvalue weighted by molar-refractivity contribution is 7.65. The molecule has 35 valence electrons. The molecular weight excluding hydrogens is 96.1 g/mol. The minimum Gasteiger partial charge on any atom is -0.0531 e. The molecule has 0 aliphatic carbocycles. The summed E-state index contributed by atoms with van der Waals surface area (Å²) in [4.78, 5) is 0. The van der Waals surface area contributed by atoms with Crippen LogP contribution in [-0.4, -0.2) is 5.75 Å². The molecule has 1 nitrogen and oxygen atoms in total. The minimum atomic E-state index is 0.636. The van der Waals surface area contributed by atoms with Crippen LogP contribution in [-0.2, 0) is 15.9 Å². The molecule has 0 aromatic carbocycles. The molecular formula is C4H8OS+. The lowest BCUT2D eigenvalue weighted by Crippen LogP contribution is -1.75. The van der Waals surface area contributed by atoms with Crippen molar-refractivity contribution < 1.29 is 4.21 Å². The second-order valence-electron chi connectivity index (χ2n) is 1.03. The first-order valence-corrected chi connectivity index (χ1v) is 2.87. The van der Waals surface area contributed by atoms with E-state index in [1.165, 1.54) is 0 Å². The van der Waals surface area contributed by atoms with Gasteiger partial charge in [-0.25, -0.2) is 0 Å². The molecule has 0 heterocycles. The standard InChI is InChI=1S/C4H8OS/c1-2-3-4-6-5/h1-4H2/q+1. The van der Waals surface area contributed by atoms with Gasteiger partial charge in [0.15, 0.2) is 0 Å². The first-order chi connectivity index (χ1) is 2.91. The summed E-state index contributed by atoms with van der Waals surface area (Å²) in [6.07, 6.45) is 1.84. The van der Waals surface area contributed by atoms with E-state index in [1.54, 1.807) is 0 Å². The fourth-order valence-electron chi connectivity index (χ4n) is 0.161. The fraction of sp³-hybridized carbons (Fsp3) is 0.750. The van der Waals surface area contributed by atoms with Gasteiger partial charge in [0.25, 0.3) is 0 Å². The fourth-order valence-corrected chi connectivity index (χ4v) is 0.483. The predicted molar refractivity (Wildman–Crippen MR) is 27.5 cm³/mol. The molecule has 0 bridgehead atoms. The van der Waals surface area contributed by atoms with Crippen LogP contribution in [0.1, 0.15) is 12.8 Å². The van der Waals surface area contributed by atoms with E-state index >= 15 is 0 Å². The van der Waals surface area contributed by atoms with E-state index in [9.17, 15) is 4.21 Å². The lowest BCUT2D eigenvalue weighted by atomic mass is 10.4. The Morgan fingerprint density at radius 3 is 2.50 bits per heavy atom. The van der Waals surface area contributed by atoms with Crippen LogP contribution in [0.25, 0.3) is 0 Å². The lowest BCUT2D eigenvalue weighted by molar-refractivity contribution is 0.604. The van der Waals surface area contributed by atoms with Gasteiger partial charge in [-0.3, -0.25) is 0 Å². The van der Waals surface area contributed by atoms with E-state index in [2.05, 4.69) is 6.92 Å². The van der Waals surface area contributed by atoms with Crippen LogP contribution in [0.15, 0.2) is 0 Å². The van der Waals surface area contributed by atoms with Crippen LogP contribution in [0, 0.1) is 6.92 Å².